The smallest absolute Gasteiger partial charge is 0.272 e. The van der Waals surface area contributed by atoms with Gasteiger partial charge in [0.15, 0.2) is 0 Å². The molecule has 3 heterocycles. The van der Waals surface area contributed by atoms with E-state index in [2.05, 4.69) is 9.80 Å². The molecule has 7 atom stereocenters. The van der Waals surface area contributed by atoms with Crippen LogP contribution in [0.3, 0.4) is 0 Å². The number of ether oxygens (including phenoxy) is 3. The molecule has 1 saturated carbocycles. The first kappa shape index (κ1) is 11.8. The van der Waals surface area contributed by atoms with Crippen LogP contribution < -0.4 is 0 Å². The quantitative estimate of drug-likeness (QED) is 0.651. The summed E-state index contributed by atoms with van der Waals surface area (Å²) in [6, 6.07) is 0.127. The Morgan fingerprint density at radius 2 is 1.18 bits per heavy atom. The first-order chi connectivity index (χ1) is 8.00. The molecule has 0 spiro atoms. The molecule has 6 nitrogen and oxygen atoms in total. The van der Waals surface area contributed by atoms with E-state index in [-0.39, 0.29) is 30.4 Å². The fourth-order valence-electron chi connectivity index (χ4n) is 3.31. The maximum absolute atomic E-state index is 10.3. The topological polar surface area (TPSA) is 54.4 Å². The fraction of sp³-hybridized carbons (Fsp3) is 1.00. The van der Waals surface area contributed by atoms with E-state index in [4.69, 9.17) is 14.2 Å². The lowest BCUT2D eigenvalue weighted by atomic mass is 9.78. The number of aliphatic hydroxyl groups excluding tert-OH is 1. The first-order valence-corrected chi connectivity index (χ1v) is 5.98. The van der Waals surface area contributed by atoms with Crippen molar-refractivity contribution in [2.24, 2.45) is 0 Å². The van der Waals surface area contributed by atoms with E-state index in [1.54, 1.807) is 0 Å². The Hall–Kier alpha value is -0.240. The minimum absolute atomic E-state index is 0.0194. The number of hydrogen-bond acceptors (Lipinski definition) is 6. The Bertz CT molecular complexity index is 286. The van der Waals surface area contributed by atoms with E-state index in [1.807, 2.05) is 28.2 Å². The maximum Gasteiger partial charge on any atom is 0.272 e. The highest BCUT2D eigenvalue weighted by Gasteiger charge is 2.62. The van der Waals surface area contributed by atoms with Gasteiger partial charge in [-0.1, -0.05) is 0 Å². The summed E-state index contributed by atoms with van der Waals surface area (Å²) in [6.45, 7) is -0.606. The molecular weight excluding hydrogens is 224 g/mol. The molecule has 3 saturated heterocycles. The van der Waals surface area contributed by atoms with Gasteiger partial charge in [-0.05, 0) is 28.2 Å². The molecule has 4 bridgehead atoms. The molecule has 17 heavy (non-hydrogen) atoms. The molecule has 4 aliphatic rings. The number of rotatable bonds is 2. The van der Waals surface area contributed by atoms with Crippen LogP contribution in [0.1, 0.15) is 0 Å². The molecule has 4 rings (SSSR count). The number of aliphatic hydroxyl groups is 1. The minimum Gasteiger partial charge on any atom is -0.388 e. The Balaban J connectivity index is 1.95. The average Bonchev–Trinajstić information content (AvgIpc) is 2.23. The third kappa shape index (κ3) is 1.56. The van der Waals surface area contributed by atoms with Crippen molar-refractivity contribution in [2.75, 3.05) is 28.2 Å². The normalized spacial score (nSPS) is 52.8. The highest BCUT2D eigenvalue weighted by Crippen LogP contribution is 2.42. The van der Waals surface area contributed by atoms with Crippen LogP contribution in [0.15, 0.2) is 0 Å². The van der Waals surface area contributed by atoms with Crippen molar-refractivity contribution in [1.29, 1.82) is 0 Å². The van der Waals surface area contributed by atoms with Crippen LogP contribution in [-0.4, -0.2) is 86.1 Å². The monoisotopic (exact) mass is 244 g/mol. The van der Waals surface area contributed by atoms with E-state index >= 15 is 0 Å². The highest BCUT2D eigenvalue weighted by molar-refractivity contribution is 5.10. The summed E-state index contributed by atoms with van der Waals surface area (Å²) >= 11 is 0. The van der Waals surface area contributed by atoms with Gasteiger partial charge in [0.25, 0.3) is 6.48 Å². The van der Waals surface area contributed by atoms with Crippen LogP contribution >= 0.6 is 0 Å². The van der Waals surface area contributed by atoms with Crippen molar-refractivity contribution in [2.45, 2.75) is 43.0 Å². The van der Waals surface area contributed by atoms with Crippen molar-refractivity contribution in [3.05, 3.63) is 0 Å². The van der Waals surface area contributed by atoms with Crippen LogP contribution in [0.5, 0.6) is 0 Å². The third-order valence-electron chi connectivity index (χ3n) is 4.02. The van der Waals surface area contributed by atoms with Gasteiger partial charge in [0, 0.05) is 0 Å². The molecule has 0 radical (unpaired) electrons. The van der Waals surface area contributed by atoms with Crippen molar-refractivity contribution in [3.63, 3.8) is 0 Å². The number of nitrogens with zero attached hydrogens (tertiary/aromatic N) is 2. The van der Waals surface area contributed by atoms with E-state index < -0.39 is 12.6 Å². The minimum atomic E-state index is -0.606. The summed E-state index contributed by atoms with van der Waals surface area (Å²) < 4.78 is 16.9. The van der Waals surface area contributed by atoms with E-state index in [0.29, 0.717) is 0 Å². The van der Waals surface area contributed by atoms with Crippen molar-refractivity contribution in [3.8, 4) is 0 Å². The van der Waals surface area contributed by atoms with Gasteiger partial charge in [0.2, 0.25) is 0 Å². The molecule has 0 aromatic carbocycles. The summed E-state index contributed by atoms with van der Waals surface area (Å²) in [6.07, 6.45) is -1.01. The van der Waals surface area contributed by atoms with Gasteiger partial charge >= 0.3 is 0 Å². The second-order valence-electron chi connectivity index (χ2n) is 5.49. The lowest BCUT2D eigenvalue weighted by molar-refractivity contribution is -0.466. The molecule has 1 aliphatic carbocycles. The summed E-state index contributed by atoms with van der Waals surface area (Å²) in [4.78, 5) is 4.12. The summed E-state index contributed by atoms with van der Waals surface area (Å²) in [7, 11) is 7.94. The summed E-state index contributed by atoms with van der Waals surface area (Å²) in [5, 5.41) is 10.3. The van der Waals surface area contributed by atoms with Crippen LogP contribution in [-0.2, 0) is 14.2 Å². The largest absolute Gasteiger partial charge is 0.388 e. The number of hydrogen-bond donors (Lipinski definition) is 1. The molecular formula is C11H20N2O4. The summed E-state index contributed by atoms with van der Waals surface area (Å²) in [5.41, 5.74) is 0. The molecule has 4 fully saturated rings. The second-order valence-corrected chi connectivity index (χ2v) is 5.49. The standard InChI is InChI=1S/C11H20N2O4/c1-12(2)5-8-6(13(3)4)10-7(14)9(5)16-11(15-8)17-10/h5-11,14H,1-4H3/t5-,6+,7?,8?,9+,10-,11?. The molecule has 0 amide bonds. The molecule has 0 aromatic rings. The van der Waals surface area contributed by atoms with Crippen LogP contribution in [0.25, 0.3) is 0 Å². The summed E-state index contributed by atoms with van der Waals surface area (Å²) in [5.74, 6) is 0. The van der Waals surface area contributed by atoms with Gasteiger partial charge in [0.1, 0.15) is 18.3 Å². The second kappa shape index (κ2) is 3.88. The van der Waals surface area contributed by atoms with Gasteiger partial charge in [0.05, 0.1) is 18.2 Å². The van der Waals surface area contributed by atoms with E-state index in [0.717, 1.165) is 0 Å². The Morgan fingerprint density at radius 1 is 0.765 bits per heavy atom. The van der Waals surface area contributed by atoms with E-state index in [1.165, 1.54) is 0 Å². The fourth-order valence-corrected chi connectivity index (χ4v) is 3.31. The maximum atomic E-state index is 10.3. The molecule has 3 aliphatic heterocycles. The molecule has 98 valence electrons. The molecule has 3 unspecified atom stereocenters. The lowest BCUT2D eigenvalue weighted by Crippen LogP contribution is -2.79. The molecule has 1 N–H and O–H groups in total. The Kier molecular flexibility index (Phi) is 2.70. The van der Waals surface area contributed by atoms with Crippen LogP contribution in [0, 0.1) is 0 Å². The zero-order valence-corrected chi connectivity index (χ0v) is 10.6. The zero-order chi connectivity index (χ0) is 12.3. The van der Waals surface area contributed by atoms with Crippen molar-refractivity contribution in [1.82, 2.24) is 9.80 Å². The molecule has 6 heteroatoms. The molecule has 0 aromatic heterocycles. The highest BCUT2D eigenvalue weighted by atomic mass is 16.9. The predicted octanol–water partition coefficient (Wildman–Crippen LogP) is -1.31. The van der Waals surface area contributed by atoms with Crippen LogP contribution in [0.4, 0.5) is 0 Å². The van der Waals surface area contributed by atoms with Gasteiger partial charge in [-0.2, -0.15) is 0 Å². The van der Waals surface area contributed by atoms with Gasteiger partial charge in [-0.25, -0.2) is 0 Å². The predicted molar refractivity (Wildman–Crippen MR) is 59.4 cm³/mol. The van der Waals surface area contributed by atoms with Crippen LogP contribution in [0.2, 0.25) is 0 Å². The Morgan fingerprint density at radius 3 is 1.59 bits per heavy atom. The van der Waals surface area contributed by atoms with Gasteiger partial charge < -0.3 is 29.1 Å². The number of likely N-dealkylation sites (N-methyl/N-ethyl adjacent to an activating group) is 2. The van der Waals surface area contributed by atoms with Crippen molar-refractivity contribution >= 4 is 0 Å². The lowest BCUT2D eigenvalue weighted by Gasteiger charge is -2.61. The van der Waals surface area contributed by atoms with Gasteiger partial charge in [-0.3, -0.25) is 0 Å². The van der Waals surface area contributed by atoms with Crippen molar-refractivity contribution < 1.29 is 19.3 Å². The van der Waals surface area contributed by atoms with E-state index in [9.17, 15) is 5.11 Å². The zero-order valence-electron chi connectivity index (χ0n) is 10.6. The Labute approximate surface area is 101 Å². The SMILES string of the molecule is CN(C)[C@@H]1C2OC3O[C@@H]1C(O)[C@H](O3)[C@H]2N(C)C. The first-order valence-electron chi connectivity index (χ1n) is 5.98. The van der Waals surface area contributed by atoms with Gasteiger partial charge in [-0.15, -0.1) is 0 Å². The average molecular weight is 244 g/mol. The third-order valence-corrected chi connectivity index (χ3v) is 4.02.